The van der Waals surface area contributed by atoms with Gasteiger partial charge in [-0.3, -0.25) is 9.59 Å². The van der Waals surface area contributed by atoms with E-state index < -0.39 is 0 Å². The summed E-state index contributed by atoms with van der Waals surface area (Å²) in [6.07, 6.45) is 4.52. The highest BCUT2D eigenvalue weighted by atomic mass is 16.2. The molecule has 0 aliphatic heterocycles. The molecule has 1 aliphatic carbocycles. The molecule has 3 aromatic carbocycles. The Morgan fingerprint density at radius 3 is 2.29 bits per heavy atom. The van der Waals surface area contributed by atoms with E-state index in [2.05, 4.69) is 30.4 Å². The lowest BCUT2D eigenvalue weighted by molar-refractivity contribution is -0.122. The van der Waals surface area contributed by atoms with Crippen LogP contribution < -0.4 is 10.2 Å². The molecule has 1 atom stereocenters. The maximum atomic E-state index is 13.4. The summed E-state index contributed by atoms with van der Waals surface area (Å²) in [4.78, 5) is 27.9. The summed E-state index contributed by atoms with van der Waals surface area (Å²) in [6, 6.07) is 26.1. The van der Waals surface area contributed by atoms with Crippen molar-refractivity contribution in [2.24, 2.45) is 5.92 Å². The SMILES string of the molecule is Cc1cccc(CN(C(=O)C2CCCC2)c2ccc(CC(=O)N[C@H](C)c3ccccc3)cc2)c1. The first-order chi connectivity index (χ1) is 16.5. The second-order valence-corrected chi connectivity index (χ2v) is 9.44. The highest BCUT2D eigenvalue weighted by Crippen LogP contribution is 2.30. The molecule has 4 heteroatoms. The number of hydrogen-bond donors (Lipinski definition) is 1. The number of aryl methyl sites for hydroxylation is 1. The summed E-state index contributed by atoms with van der Waals surface area (Å²) < 4.78 is 0. The number of anilines is 1. The van der Waals surface area contributed by atoms with Gasteiger partial charge in [-0.1, -0.05) is 85.1 Å². The third-order valence-corrected chi connectivity index (χ3v) is 6.68. The topological polar surface area (TPSA) is 49.4 Å². The van der Waals surface area contributed by atoms with Crippen LogP contribution in [-0.2, 0) is 22.6 Å². The van der Waals surface area contributed by atoms with E-state index in [1.165, 1.54) is 5.56 Å². The van der Waals surface area contributed by atoms with E-state index in [9.17, 15) is 9.59 Å². The van der Waals surface area contributed by atoms with Crippen LogP contribution >= 0.6 is 0 Å². The van der Waals surface area contributed by atoms with Gasteiger partial charge in [-0.05, 0) is 55.5 Å². The van der Waals surface area contributed by atoms with E-state index >= 15 is 0 Å². The van der Waals surface area contributed by atoms with Gasteiger partial charge in [0.15, 0.2) is 0 Å². The highest BCUT2D eigenvalue weighted by molar-refractivity contribution is 5.95. The Bertz CT molecular complexity index is 1100. The van der Waals surface area contributed by atoms with Crippen LogP contribution in [-0.4, -0.2) is 11.8 Å². The maximum absolute atomic E-state index is 13.4. The van der Waals surface area contributed by atoms with Gasteiger partial charge in [0.1, 0.15) is 0 Å². The van der Waals surface area contributed by atoms with E-state index in [1.807, 2.05) is 72.5 Å². The second-order valence-electron chi connectivity index (χ2n) is 9.44. The lowest BCUT2D eigenvalue weighted by Crippen LogP contribution is -2.35. The summed E-state index contributed by atoms with van der Waals surface area (Å²) >= 11 is 0. The summed E-state index contributed by atoms with van der Waals surface area (Å²) in [6.45, 7) is 4.63. The molecule has 0 bridgehead atoms. The summed E-state index contributed by atoms with van der Waals surface area (Å²) in [5.41, 5.74) is 5.23. The average Bonchev–Trinajstić information content (AvgIpc) is 3.38. The van der Waals surface area contributed by atoms with Crippen molar-refractivity contribution < 1.29 is 9.59 Å². The number of carbonyl (C=O) groups excluding carboxylic acids is 2. The fraction of sp³-hybridized carbons (Fsp3) is 0.333. The fourth-order valence-corrected chi connectivity index (χ4v) is 4.78. The molecule has 1 fully saturated rings. The molecular formula is C30H34N2O2. The van der Waals surface area contributed by atoms with Gasteiger partial charge >= 0.3 is 0 Å². The number of carbonyl (C=O) groups is 2. The van der Waals surface area contributed by atoms with Crippen molar-refractivity contribution in [3.8, 4) is 0 Å². The Labute approximate surface area is 203 Å². The number of nitrogens with zero attached hydrogens (tertiary/aromatic N) is 1. The van der Waals surface area contributed by atoms with Crippen LogP contribution in [0.15, 0.2) is 78.9 Å². The van der Waals surface area contributed by atoms with Gasteiger partial charge in [0.25, 0.3) is 0 Å². The van der Waals surface area contributed by atoms with Gasteiger partial charge in [-0.2, -0.15) is 0 Å². The zero-order chi connectivity index (χ0) is 23.9. The van der Waals surface area contributed by atoms with Crippen molar-refractivity contribution in [2.75, 3.05) is 4.90 Å². The van der Waals surface area contributed by atoms with E-state index in [1.54, 1.807) is 0 Å². The molecule has 176 valence electrons. The normalized spacial score (nSPS) is 14.5. The molecular weight excluding hydrogens is 420 g/mol. The minimum absolute atomic E-state index is 0.0113. The number of amides is 2. The molecule has 3 aromatic rings. The van der Waals surface area contributed by atoms with E-state index in [0.29, 0.717) is 13.0 Å². The molecule has 2 amide bonds. The Balaban J connectivity index is 1.45. The number of rotatable bonds is 8. The third kappa shape index (κ3) is 6.13. The predicted molar refractivity (Wildman–Crippen MR) is 137 cm³/mol. The Morgan fingerprint density at radius 1 is 0.912 bits per heavy atom. The smallest absolute Gasteiger partial charge is 0.230 e. The van der Waals surface area contributed by atoms with Crippen LogP contribution in [0.5, 0.6) is 0 Å². The first-order valence-corrected chi connectivity index (χ1v) is 12.3. The molecule has 0 saturated heterocycles. The third-order valence-electron chi connectivity index (χ3n) is 6.68. The van der Waals surface area contributed by atoms with Crippen LogP contribution in [0.1, 0.15) is 60.9 Å². The van der Waals surface area contributed by atoms with Crippen molar-refractivity contribution in [2.45, 2.75) is 58.5 Å². The van der Waals surface area contributed by atoms with Crippen molar-refractivity contribution in [3.63, 3.8) is 0 Å². The second kappa shape index (κ2) is 11.1. The number of benzene rings is 3. The minimum atomic E-state index is -0.0400. The zero-order valence-electron chi connectivity index (χ0n) is 20.2. The summed E-state index contributed by atoms with van der Waals surface area (Å²) in [7, 11) is 0. The fourth-order valence-electron chi connectivity index (χ4n) is 4.78. The van der Waals surface area contributed by atoms with E-state index in [4.69, 9.17) is 0 Å². The summed E-state index contributed by atoms with van der Waals surface area (Å²) in [5.74, 6) is 0.304. The largest absolute Gasteiger partial charge is 0.349 e. The minimum Gasteiger partial charge on any atom is -0.349 e. The molecule has 34 heavy (non-hydrogen) atoms. The van der Waals surface area contributed by atoms with Crippen LogP contribution in [0.2, 0.25) is 0 Å². The van der Waals surface area contributed by atoms with Crippen LogP contribution in [0.3, 0.4) is 0 Å². The molecule has 1 saturated carbocycles. The molecule has 4 rings (SSSR count). The van der Waals surface area contributed by atoms with E-state index in [-0.39, 0.29) is 23.8 Å². The molecule has 0 heterocycles. The van der Waals surface area contributed by atoms with Gasteiger partial charge in [0.2, 0.25) is 11.8 Å². The molecule has 0 unspecified atom stereocenters. The lowest BCUT2D eigenvalue weighted by atomic mass is 10.0. The van der Waals surface area contributed by atoms with Crippen molar-refractivity contribution in [3.05, 3.63) is 101 Å². The predicted octanol–water partition coefficient (Wildman–Crippen LogP) is 6.14. The first-order valence-electron chi connectivity index (χ1n) is 12.3. The molecule has 4 nitrogen and oxygen atoms in total. The van der Waals surface area contributed by atoms with Gasteiger partial charge in [0.05, 0.1) is 19.0 Å². The van der Waals surface area contributed by atoms with Gasteiger partial charge in [-0.15, -0.1) is 0 Å². The monoisotopic (exact) mass is 454 g/mol. The molecule has 0 aromatic heterocycles. The van der Waals surface area contributed by atoms with Crippen LogP contribution in [0.4, 0.5) is 5.69 Å². The quantitative estimate of drug-likeness (QED) is 0.445. The van der Waals surface area contributed by atoms with Gasteiger partial charge < -0.3 is 10.2 Å². The summed E-state index contributed by atoms with van der Waals surface area (Å²) in [5, 5.41) is 3.07. The lowest BCUT2D eigenvalue weighted by Gasteiger charge is -2.26. The van der Waals surface area contributed by atoms with Crippen LogP contribution in [0.25, 0.3) is 0 Å². The number of hydrogen-bond acceptors (Lipinski definition) is 2. The van der Waals surface area contributed by atoms with Crippen LogP contribution in [0, 0.1) is 12.8 Å². The Kier molecular flexibility index (Phi) is 7.79. The first kappa shape index (κ1) is 23.7. The molecule has 1 aliphatic rings. The molecule has 0 spiro atoms. The average molecular weight is 455 g/mol. The molecule has 1 N–H and O–H groups in total. The van der Waals surface area contributed by atoms with Gasteiger partial charge in [-0.25, -0.2) is 0 Å². The van der Waals surface area contributed by atoms with Crippen molar-refractivity contribution in [1.29, 1.82) is 0 Å². The highest BCUT2D eigenvalue weighted by Gasteiger charge is 2.28. The van der Waals surface area contributed by atoms with Crippen molar-refractivity contribution >= 4 is 17.5 Å². The van der Waals surface area contributed by atoms with Gasteiger partial charge in [0, 0.05) is 11.6 Å². The van der Waals surface area contributed by atoms with Crippen molar-refractivity contribution in [1.82, 2.24) is 5.32 Å². The molecule has 0 radical (unpaired) electrons. The number of nitrogens with one attached hydrogen (secondary N) is 1. The maximum Gasteiger partial charge on any atom is 0.230 e. The van der Waals surface area contributed by atoms with E-state index in [0.717, 1.165) is 48.1 Å². The zero-order valence-corrected chi connectivity index (χ0v) is 20.2. The Morgan fingerprint density at radius 2 is 1.62 bits per heavy atom. The Hall–Kier alpha value is -3.40. The standard InChI is InChI=1S/C30H34N2O2/c1-22-9-8-10-25(19-22)21-32(30(34)27-13-6-7-14-27)28-17-15-24(16-18-28)20-29(33)31-23(2)26-11-4-3-5-12-26/h3-5,8-12,15-19,23,27H,6-7,13-14,20-21H2,1-2H3,(H,31,33)/t23-/m1/s1.